The molecule has 0 bridgehead atoms. The molecule has 1 atom stereocenters. The normalized spacial score (nSPS) is 13.6. The van der Waals surface area contributed by atoms with Crippen LogP contribution in [0.15, 0.2) is 18.4 Å². The molecule has 1 N–H and O–H groups in total. The molecule has 0 spiro atoms. The molecule has 0 aliphatic heterocycles. The summed E-state index contributed by atoms with van der Waals surface area (Å²) in [6, 6.07) is 0. The van der Waals surface area contributed by atoms with E-state index < -0.39 is 6.10 Å². The van der Waals surface area contributed by atoms with E-state index in [-0.39, 0.29) is 10.8 Å². The van der Waals surface area contributed by atoms with Crippen LogP contribution in [-0.2, 0) is 0 Å². The topological polar surface area (TPSA) is 20.2 Å². The molecule has 1 nitrogen and oxygen atoms in total. The minimum absolute atomic E-state index is 0.0745. The van der Waals surface area contributed by atoms with E-state index in [0.717, 1.165) is 0 Å². The van der Waals surface area contributed by atoms with Crippen LogP contribution in [0, 0.1) is 22.7 Å². The van der Waals surface area contributed by atoms with Crippen molar-refractivity contribution in [1.82, 2.24) is 0 Å². The van der Waals surface area contributed by atoms with Crippen molar-refractivity contribution in [3.8, 4) is 11.8 Å². The average Bonchev–Trinajstić information content (AvgIpc) is 1.98. The highest BCUT2D eigenvalue weighted by molar-refractivity contribution is 5.16. The van der Waals surface area contributed by atoms with Gasteiger partial charge >= 0.3 is 0 Å². The van der Waals surface area contributed by atoms with Crippen molar-refractivity contribution >= 4 is 0 Å². The molecular formula is C13H20O. The summed E-state index contributed by atoms with van der Waals surface area (Å²) in [6.07, 6.45) is 1.07. The van der Waals surface area contributed by atoms with Crippen molar-refractivity contribution in [2.24, 2.45) is 10.8 Å². The summed E-state index contributed by atoms with van der Waals surface area (Å²) < 4.78 is 0. The van der Waals surface area contributed by atoms with Crippen LogP contribution in [0.4, 0.5) is 0 Å². The molecule has 0 saturated heterocycles. The molecular weight excluding hydrogens is 172 g/mol. The molecule has 1 unspecified atom stereocenters. The SMILES string of the molecule is C=C=CC(C)(C)C(O)C#CC(C)(C)C. The van der Waals surface area contributed by atoms with Gasteiger partial charge in [-0.1, -0.05) is 32.3 Å². The van der Waals surface area contributed by atoms with Crippen LogP contribution in [0.25, 0.3) is 0 Å². The molecule has 14 heavy (non-hydrogen) atoms. The predicted octanol–water partition coefficient (Wildman–Crippen LogP) is 2.76. The highest BCUT2D eigenvalue weighted by atomic mass is 16.3. The molecule has 0 aliphatic carbocycles. The Morgan fingerprint density at radius 1 is 1.21 bits per heavy atom. The lowest BCUT2D eigenvalue weighted by molar-refractivity contribution is 0.134. The summed E-state index contributed by atoms with van der Waals surface area (Å²) in [5.41, 5.74) is 2.22. The largest absolute Gasteiger partial charge is 0.379 e. The van der Waals surface area contributed by atoms with Gasteiger partial charge in [0.2, 0.25) is 0 Å². The highest BCUT2D eigenvalue weighted by Crippen LogP contribution is 2.22. The molecule has 0 aliphatic rings. The van der Waals surface area contributed by atoms with E-state index in [1.807, 2.05) is 34.6 Å². The third-order valence-electron chi connectivity index (χ3n) is 1.76. The van der Waals surface area contributed by atoms with Gasteiger partial charge in [-0.25, -0.2) is 0 Å². The smallest absolute Gasteiger partial charge is 0.123 e. The van der Waals surface area contributed by atoms with E-state index in [2.05, 4.69) is 24.2 Å². The molecule has 0 aromatic carbocycles. The van der Waals surface area contributed by atoms with Gasteiger partial charge in [-0.15, -0.1) is 5.73 Å². The second-order valence-electron chi connectivity index (χ2n) is 5.09. The van der Waals surface area contributed by atoms with Crippen molar-refractivity contribution in [1.29, 1.82) is 0 Å². The Bertz CT molecular complexity index is 287. The Morgan fingerprint density at radius 2 is 1.71 bits per heavy atom. The third kappa shape index (κ3) is 4.92. The molecule has 0 aromatic heterocycles. The van der Waals surface area contributed by atoms with Gasteiger partial charge < -0.3 is 5.11 Å². The van der Waals surface area contributed by atoms with Gasteiger partial charge in [0.1, 0.15) is 6.10 Å². The second-order valence-corrected chi connectivity index (χ2v) is 5.09. The lowest BCUT2D eigenvalue weighted by Gasteiger charge is -2.22. The Morgan fingerprint density at radius 3 is 2.07 bits per heavy atom. The zero-order valence-electron chi connectivity index (χ0n) is 9.81. The summed E-state index contributed by atoms with van der Waals surface area (Å²) in [5.74, 6) is 5.87. The molecule has 0 fully saturated rings. The average molecular weight is 192 g/mol. The first kappa shape index (κ1) is 13.0. The quantitative estimate of drug-likeness (QED) is 0.527. The van der Waals surface area contributed by atoms with Gasteiger partial charge in [0.15, 0.2) is 0 Å². The first-order valence-electron chi connectivity index (χ1n) is 4.77. The summed E-state index contributed by atoms with van der Waals surface area (Å²) in [5, 5.41) is 9.80. The number of hydrogen-bond acceptors (Lipinski definition) is 1. The van der Waals surface area contributed by atoms with E-state index in [1.54, 1.807) is 6.08 Å². The zero-order chi connectivity index (χ0) is 11.4. The van der Waals surface area contributed by atoms with E-state index in [1.165, 1.54) is 0 Å². The van der Waals surface area contributed by atoms with Crippen LogP contribution in [-0.4, -0.2) is 11.2 Å². The third-order valence-corrected chi connectivity index (χ3v) is 1.76. The molecule has 0 saturated carbocycles. The van der Waals surface area contributed by atoms with Gasteiger partial charge in [0, 0.05) is 10.8 Å². The Hall–Kier alpha value is -0.960. The van der Waals surface area contributed by atoms with Crippen molar-refractivity contribution in [2.75, 3.05) is 0 Å². The van der Waals surface area contributed by atoms with Gasteiger partial charge in [-0.2, -0.15) is 0 Å². The lowest BCUT2D eigenvalue weighted by Crippen LogP contribution is -2.25. The monoisotopic (exact) mass is 192 g/mol. The maximum Gasteiger partial charge on any atom is 0.123 e. The number of aliphatic hydroxyl groups excluding tert-OH is 1. The van der Waals surface area contributed by atoms with Crippen molar-refractivity contribution in [3.05, 3.63) is 18.4 Å². The van der Waals surface area contributed by atoms with E-state index in [4.69, 9.17) is 0 Å². The summed E-state index contributed by atoms with van der Waals surface area (Å²) in [4.78, 5) is 0. The molecule has 0 radical (unpaired) electrons. The van der Waals surface area contributed by atoms with Crippen LogP contribution in [0.5, 0.6) is 0 Å². The highest BCUT2D eigenvalue weighted by Gasteiger charge is 2.23. The standard InChI is InChI=1S/C13H20O/c1-7-9-13(5,6)11(14)8-10-12(2,3)4/h9,11,14H,1H2,2-6H3. The first-order chi connectivity index (χ1) is 6.19. The van der Waals surface area contributed by atoms with Crippen LogP contribution < -0.4 is 0 Å². The summed E-state index contributed by atoms with van der Waals surface area (Å²) >= 11 is 0. The molecule has 0 aromatic rings. The fourth-order valence-electron chi connectivity index (χ4n) is 0.813. The lowest BCUT2D eigenvalue weighted by atomic mass is 9.86. The van der Waals surface area contributed by atoms with Crippen LogP contribution >= 0.6 is 0 Å². The Kier molecular flexibility index (Phi) is 4.20. The minimum Gasteiger partial charge on any atom is -0.379 e. The van der Waals surface area contributed by atoms with E-state index in [0.29, 0.717) is 0 Å². The van der Waals surface area contributed by atoms with Crippen LogP contribution in [0.1, 0.15) is 34.6 Å². The number of hydrogen-bond donors (Lipinski definition) is 1. The van der Waals surface area contributed by atoms with Gasteiger partial charge in [-0.3, -0.25) is 0 Å². The molecule has 0 rings (SSSR count). The molecule has 1 heteroatoms. The minimum atomic E-state index is -0.670. The van der Waals surface area contributed by atoms with Crippen LogP contribution in [0.2, 0.25) is 0 Å². The maximum absolute atomic E-state index is 9.80. The van der Waals surface area contributed by atoms with Gasteiger partial charge in [0.05, 0.1) is 0 Å². The molecule has 0 amide bonds. The maximum atomic E-state index is 9.80. The van der Waals surface area contributed by atoms with Gasteiger partial charge in [-0.05, 0) is 26.8 Å². The number of aliphatic hydroxyl groups is 1. The second kappa shape index (κ2) is 4.51. The summed E-state index contributed by atoms with van der Waals surface area (Å²) in [7, 11) is 0. The zero-order valence-corrected chi connectivity index (χ0v) is 9.81. The predicted molar refractivity (Wildman–Crippen MR) is 60.7 cm³/mol. The molecule has 78 valence electrons. The Labute approximate surface area is 87.5 Å². The van der Waals surface area contributed by atoms with Crippen LogP contribution in [0.3, 0.4) is 0 Å². The fourth-order valence-corrected chi connectivity index (χ4v) is 0.813. The fraction of sp³-hybridized carbons (Fsp3) is 0.615. The van der Waals surface area contributed by atoms with Gasteiger partial charge in [0.25, 0.3) is 0 Å². The van der Waals surface area contributed by atoms with E-state index in [9.17, 15) is 5.11 Å². The molecule has 0 heterocycles. The van der Waals surface area contributed by atoms with Crippen molar-refractivity contribution in [2.45, 2.75) is 40.7 Å². The number of rotatable bonds is 2. The van der Waals surface area contributed by atoms with E-state index >= 15 is 0 Å². The van der Waals surface area contributed by atoms with Crippen molar-refractivity contribution < 1.29 is 5.11 Å². The Balaban J connectivity index is 4.70. The van der Waals surface area contributed by atoms with Crippen molar-refractivity contribution in [3.63, 3.8) is 0 Å². The summed E-state index contributed by atoms with van der Waals surface area (Å²) in [6.45, 7) is 13.4. The first-order valence-corrected chi connectivity index (χ1v) is 4.77.